The minimum absolute atomic E-state index is 0.0851. The highest BCUT2D eigenvalue weighted by Gasteiger charge is 2.67. The number of amides is 2. The maximum atomic E-state index is 12.9. The first-order chi connectivity index (χ1) is 11.1. The Morgan fingerprint density at radius 2 is 1.65 bits per heavy atom. The van der Waals surface area contributed by atoms with Gasteiger partial charge in [-0.2, -0.15) is 0 Å². The lowest BCUT2D eigenvalue weighted by Gasteiger charge is -2.37. The van der Waals surface area contributed by atoms with Crippen LogP contribution in [-0.4, -0.2) is 22.9 Å². The van der Waals surface area contributed by atoms with Crippen LogP contribution in [0.15, 0.2) is 36.4 Å². The highest BCUT2D eigenvalue weighted by molar-refractivity contribution is 6.22. The molecule has 5 nitrogen and oxygen atoms in total. The van der Waals surface area contributed by atoms with E-state index in [-0.39, 0.29) is 41.0 Å². The molecule has 5 heteroatoms. The van der Waals surface area contributed by atoms with Gasteiger partial charge in [-0.1, -0.05) is 18.2 Å². The molecule has 1 heterocycles. The zero-order chi connectivity index (χ0) is 15.9. The highest BCUT2D eigenvalue weighted by Crippen LogP contribution is 2.65. The van der Waals surface area contributed by atoms with Crippen molar-refractivity contribution in [2.75, 3.05) is 4.90 Å². The van der Waals surface area contributed by atoms with E-state index in [0.717, 1.165) is 6.42 Å². The van der Waals surface area contributed by atoms with E-state index in [1.807, 2.05) is 0 Å². The third-order valence-electron chi connectivity index (χ3n) is 6.01. The van der Waals surface area contributed by atoms with Crippen LogP contribution in [0, 0.1) is 35.5 Å². The van der Waals surface area contributed by atoms with Gasteiger partial charge >= 0.3 is 5.97 Å². The summed E-state index contributed by atoms with van der Waals surface area (Å²) in [5.74, 6) is -0.407. The summed E-state index contributed by atoms with van der Waals surface area (Å²) in [4.78, 5) is 38.2. The lowest BCUT2D eigenvalue weighted by molar-refractivity contribution is -0.124. The molecule has 5 aliphatic rings. The molecular weight excluding hydrogens is 294 g/mol. The minimum atomic E-state index is -1.06. The third kappa shape index (κ3) is 1.54. The molecule has 1 aromatic carbocycles. The Kier molecular flexibility index (Phi) is 2.33. The van der Waals surface area contributed by atoms with Gasteiger partial charge in [-0.05, 0) is 48.3 Å². The fourth-order valence-electron chi connectivity index (χ4n) is 4.99. The Morgan fingerprint density at radius 1 is 1.04 bits per heavy atom. The topological polar surface area (TPSA) is 74.7 Å². The number of carboxylic acids is 1. The van der Waals surface area contributed by atoms with E-state index in [4.69, 9.17) is 5.11 Å². The molecular formula is C18H15NO4. The smallest absolute Gasteiger partial charge is 0.335 e. The number of hydrogen-bond donors (Lipinski definition) is 1. The molecule has 2 saturated carbocycles. The number of hydrogen-bond acceptors (Lipinski definition) is 3. The molecule has 0 aromatic heterocycles. The molecule has 1 aliphatic heterocycles. The molecule has 116 valence electrons. The summed E-state index contributed by atoms with van der Waals surface area (Å²) in [5.41, 5.74) is 0.462. The summed E-state index contributed by atoms with van der Waals surface area (Å²) in [7, 11) is 0. The summed E-state index contributed by atoms with van der Waals surface area (Å²) >= 11 is 0. The average Bonchev–Trinajstić information content (AvgIpc) is 3.32. The summed E-state index contributed by atoms with van der Waals surface area (Å²) in [5, 5.41) is 9.13. The van der Waals surface area contributed by atoms with Gasteiger partial charge in [0.15, 0.2) is 0 Å². The van der Waals surface area contributed by atoms with Crippen LogP contribution in [0.1, 0.15) is 16.8 Å². The number of benzene rings is 1. The van der Waals surface area contributed by atoms with Crippen LogP contribution in [0.4, 0.5) is 5.69 Å². The molecule has 4 aliphatic carbocycles. The zero-order valence-electron chi connectivity index (χ0n) is 12.3. The van der Waals surface area contributed by atoms with Gasteiger partial charge in [0.2, 0.25) is 11.8 Å². The first-order valence-electron chi connectivity index (χ1n) is 7.97. The number of rotatable bonds is 2. The van der Waals surface area contributed by atoms with Gasteiger partial charge in [-0.3, -0.25) is 9.59 Å². The minimum Gasteiger partial charge on any atom is -0.478 e. The Balaban J connectivity index is 1.57. The van der Waals surface area contributed by atoms with Crippen LogP contribution in [-0.2, 0) is 9.59 Å². The molecule has 2 bridgehead atoms. The second-order valence-electron chi connectivity index (χ2n) is 7.02. The Bertz CT molecular complexity index is 762. The van der Waals surface area contributed by atoms with Crippen LogP contribution in [0.2, 0.25) is 0 Å². The number of carboxylic acid groups (broad SMARTS) is 1. The first-order valence-corrected chi connectivity index (χ1v) is 7.97. The fraction of sp³-hybridized carbons (Fsp3) is 0.389. The predicted octanol–water partition coefficient (Wildman–Crippen LogP) is 1.94. The zero-order valence-corrected chi connectivity index (χ0v) is 12.3. The number of aromatic carboxylic acids is 1. The van der Waals surface area contributed by atoms with Gasteiger partial charge < -0.3 is 5.11 Å². The number of carbonyl (C=O) groups excluding carboxylic acids is 2. The van der Waals surface area contributed by atoms with Gasteiger partial charge in [0.1, 0.15) is 0 Å². The van der Waals surface area contributed by atoms with Gasteiger partial charge in [-0.25, -0.2) is 9.69 Å². The second kappa shape index (κ2) is 4.10. The van der Waals surface area contributed by atoms with Crippen molar-refractivity contribution in [3.8, 4) is 0 Å². The van der Waals surface area contributed by atoms with E-state index in [9.17, 15) is 14.4 Å². The van der Waals surface area contributed by atoms with Crippen molar-refractivity contribution in [2.24, 2.45) is 35.5 Å². The van der Waals surface area contributed by atoms with Gasteiger partial charge in [0, 0.05) is 0 Å². The van der Waals surface area contributed by atoms with Crippen LogP contribution >= 0.6 is 0 Å². The molecule has 6 atom stereocenters. The molecule has 6 rings (SSSR count). The standard InChI is InChI=1S/C18H15NO4/c20-16-14-10-4-5-11(13-7-12(10)13)15(14)17(21)19(16)9-3-1-2-8(6-9)18(22)23/h1-6,10-15H,7H2,(H,22,23)/t10-,11-,12-,13+,14+,15+/m1/s1. The summed E-state index contributed by atoms with van der Waals surface area (Å²) in [6, 6.07) is 6.08. The molecule has 0 radical (unpaired) electrons. The van der Waals surface area contributed by atoms with Crippen molar-refractivity contribution in [1.29, 1.82) is 0 Å². The Labute approximate surface area is 132 Å². The van der Waals surface area contributed by atoms with E-state index < -0.39 is 5.97 Å². The highest BCUT2D eigenvalue weighted by atomic mass is 16.4. The van der Waals surface area contributed by atoms with Crippen molar-refractivity contribution in [2.45, 2.75) is 6.42 Å². The maximum Gasteiger partial charge on any atom is 0.335 e. The van der Waals surface area contributed by atoms with Crippen molar-refractivity contribution >= 4 is 23.5 Å². The molecule has 0 spiro atoms. The summed E-state index contributed by atoms with van der Waals surface area (Å²) in [6.45, 7) is 0. The molecule has 1 N–H and O–H groups in total. The van der Waals surface area contributed by atoms with E-state index in [2.05, 4.69) is 12.2 Å². The lowest BCUT2D eigenvalue weighted by atomic mass is 9.63. The quantitative estimate of drug-likeness (QED) is 0.669. The summed E-state index contributed by atoms with van der Waals surface area (Å²) in [6.07, 6.45) is 5.38. The first kappa shape index (κ1) is 13.0. The van der Waals surface area contributed by atoms with Crippen LogP contribution in [0.25, 0.3) is 0 Å². The number of anilines is 1. The Hall–Kier alpha value is -2.43. The van der Waals surface area contributed by atoms with Gasteiger partial charge in [0.25, 0.3) is 0 Å². The third-order valence-corrected chi connectivity index (χ3v) is 6.01. The van der Waals surface area contributed by atoms with E-state index in [1.54, 1.807) is 12.1 Å². The van der Waals surface area contributed by atoms with Crippen LogP contribution in [0.5, 0.6) is 0 Å². The normalized spacial score (nSPS) is 39.4. The monoisotopic (exact) mass is 309 g/mol. The molecule has 23 heavy (non-hydrogen) atoms. The molecule has 1 aromatic rings. The molecule has 0 unspecified atom stereocenters. The van der Waals surface area contributed by atoms with E-state index in [1.165, 1.54) is 17.0 Å². The number of nitrogens with zero attached hydrogens (tertiary/aromatic N) is 1. The summed E-state index contributed by atoms with van der Waals surface area (Å²) < 4.78 is 0. The van der Waals surface area contributed by atoms with Crippen molar-refractivity contribution in [1.82, 2.24) is 0 Å². The molecule has 1 saturated heterocycles. The largest absolute Gasteiger partial charge is 0.478 e. The van der Waals surface area contributed by atoms with Crippen molar-refractivity contribution in [3.63, 3.8) is 0 Å². The number of carbonyl (C=O) groups is 3. The van der Waals surface area contributed by atoms with Crippen LogP contribution in [0.3, 0.4) is 0 Å². The van der Waals surface area contributed by atoms with Crippen molar-refractivity contribution < 1.29 is 19.5 Å². The number of allylic oxidation sites excluding steroid dienone is 2. The molecule has 3 fully saturated rings. The number of imide groups is 1. The second-order valence-corrected chi connectivity index (χ2v) is 7.02. The van der Waals surface area contributed by atoms with E-state index in [0.29, 0.717) is 17.5 Å². The maximum absolute atomic E-state index is 12.9. The van der Waals surface area contributed by atoms with Gasteiger partial charge in [-0.15, -0.1) is 0 Å². The lowest BCUT2D eigenvalue weighted by Crippen LogP contribution is -2.40. The Morgan fingerprint density at radius 3 is 2.22 bits per heavy atom. The van der Waals surface area contributed by atoms with Crippen molar-refractivity contribution in [3.05, 3.63) is 42.0 Å². The van der Waals surface area contributed by atoms with Gasteiger partial charge in [0.05, 0.1) is 23.1 Å². The predicted molar refractivity (Wildman–Crippen MR) is 80.6 cm³/mol. The molecule has 2 amide bonds. The average molecular weight is 309 g/mol. The SMILES string of the molecule is O=C(O)c1cccc(N2C(=O)[C@H]3[C@@H]4C=C[C@H]([C@@H]5C[C@H]45)[C@@H]3C2=O)c1. The van der Waals surface area contributed by atoms with Crippen LogP contribution < -0.4 is 4.90 Å². The van der Waals surface area contributed by atoms with E-state index >= 15 is 0 Å². The fourth-order valence-corrected chi connectivity index (χ4v) is 4.99.